The molecule has 1 amide bonds. The van der Waals surface area contributed by atoms with Gasteiger partial charge >= 0.3 is 0 Å². The summed E-state index contributed by atoms with van der Waals surface area (Å²) in [7, 11) is -3.25. The second kappa shape index (κ2) is 4.75. The maximum absolute atomic E-state index is 11.3. The Morgan fingerprint density at radius 3 is 2.57 bits per heavy atom. The molecule has 82 valence electrons. The van der Waals surface area contributed by atoms with Crippen molar-refractivity contribution in [2.45, 2.75) is 25.3 Å². The molecule has 1 saturated carbocycles. The summed E-state index contributed by atoms with van der Waals surface area (Å²) in [5.41, 5.74) is 5.19. The molecular weight excluding hydrogens is 204 g/mol. The molecule has 0 saturated heterocycles. The third kappa shape index (κ3) is 4.57. The number of hydrogen-bond acceptors (Lipinski definition) is 4. The van der Waals surface area contributed by atoms with Crippen LogP contribution in [0.4, 0.5) is 0 Å². The monoisotopic (exact) mass is 220 g/mol. The zero-order valence-corrected chi connectivity index (χ0v) is 8.85. The quantitative estimate of drug-likeness (QED) is 0.602. The van der Waals surface area contributed by atoms with Crippen LogP contribution in [0, 0.1) is 0 Å². The number of amides is 1. The first-order valence-corrected chi connectivity index (χ1v) is 6.55. The minimum Gasteiger partial charge on any atom is -0.352 e. The highest BCUT2D eigenvalue weighted by Crippen LogP contribution is 2.18. The van der Waals surface area contributed by atoms with E-state index in [4.69, 9.17) is 5.73 Å². The molecule has 14 heavy (non-hydrogen) atoms. The number of hydrogen-bond donors (Lipinski definition) is 2. The molecule has 6 heteroatoms. The minimum atomic E-state index is -3.25. The topological polar surface area (TPSA) is 89.3 Å². The lowest BCUT2D eigenvalue weighted by atomic mass is 10.5. The molecule has 0 atom stereocenters. The van der Waals surface area contributed by atoms with Crippen LogP contribution in [0.25, 0.3) is 0 Å². The third-order valence-electron chi connectivity index (χ3n) is 1.95. The van der Waals surface area contributed by atoms with Crippen molar-refractivity contribution in [3.63, 3.8) is 0 Å². The smallest absolute Gasteiger partial charge is 0.235 e. The fraction of sp³-hybridized carbons (Fsp3) is 0.875. The van der Waals surface area contributed by atoms with E-state index in [0.717, 1.165) is 12.8 Å². The molecule has 0 aromatic carbocycles. The van der Waals surface area contributed by atoms with E-state index in [2.05, 4.69) is 5.32 Å². The zero-order chi connectivity index (χ0) is 10.6. The Balaban J connectivity index is 2.29. The van der Waals surface area contributed by atoms with E-state index in [1.54, 1.807) is 0 Å². The van der Waals surface area contributed by atoms with Crippen LogP contribution in [0.15, 0.2) is 0 Å². The van der Waals surface area contributed by atoms with Crippen LogP contribution in [-0.2, 0) is 14.6 Å². The lowest BCUT2D eigenvalue weighted by Gasteiger charge is -2.04. The van der Waals surface area contributed by atoms with Crippen molar-refractivity contribution >= 4 is 15.7 Å². The number of carbonyl (C=O) groups is 1. The van der Waals surface area contributed by atoms with Gasteiger partial charge in [0, 0.05) is 6.04 Å². The highest BCUT2D eigenvalue weighted by atomic mass is 32.2. The molecule has 3 N–H and O–H groups in total. The first kappa shape index (κ1) is 11.5. The van der Waals surface area contributed by atoms with Gasteiger partial charge in [-0.15, -0.1) is 0 Å². The van der Waals surface area contributed by atoms with Crippen molar-refractivity contribution < 1.29 is 13.2 Å². The van der Waals surface area contributed by atoms with E-state index in [1.807, 2.05) is 0 Å². The van der Waals surface area contributed by atoms with Crippen LogP contribution in [0.3, 0.4) is 0 Å². The molecule has 1 rings (SSSR count). The van der Waals surface area contributed by atoms with Gasteiger partial charge in [0.15, 0.2) is 9.84 Å². The molecule has 0 radical (unpaired) electrons. The van der Waals surface area contributed by atoms with Crippen LogP contribution >= 0.6 is 0 Å². The number of carbonyl (C=O) groups excluding carboxylic acids is 1. The lowest BCUT2D eigenvalue weighted by molar-refractivity contribution is -0.118. The van der Waals surface area contributed by atoms with Gasteiger partial charge in [-0.05, 0) is 25.8 Å². The second-order valence-corrected chi connectivity index (χ2v) is 5.76. The van der Waals surface area contributed by atoms with Crippen molar-refractivity contribution in [3.8, 4) is 0 Å². The third-order valence-corrected chi connectivity index (χ3v) is 3.57. The van der Waals surface area contributed by atoms with Gasteiger partial charge in [-0.1, -0.05) is 0 Å². The Labute approximate surface area is 84.0 Å². The average molecular weight is 220 g/mol. The lowest BCUT2D eigenvalue weighted by Crippen LogP contribution is -2.32. The summed E-state index contributed by atoms with van der Waals surface area (Å²) in [5, 5.41) is 2.64. The molecule has 0 aliphatic heterocycles. The number of nitrogens with one attached hydrogen (secondary N) is 1. The molecule has 0 heterocycles. The van der Waals surface area contributed by atoms with Crippen molar-refractivity contribution in [2.24, 2.45) is 5.73 Å². The molecule has 0 bridgehead atoms. The van der Waals surface area contributed by atoms with Gasteiger partial charge in [-0.25, -0.2) is 8.42 Å². The van der Waals surface area contributed by atoms with Gasteiger partial charge in [0.1, 0.15) is 5.75 Å². The first-order valence-electron chi connectivity index (χ1n) is 4.73. The summed E-state index contributed by atoms with van der Waals surface area (Å²) in [6, 6.07) is 0.215. The maximum Gasteiger partial charge on any atom is 0.235 e. The predicted molar refractivity (Wildman–Crippen MR) is 53.5 cm³/mol. The second-order valence-electron chi connectivity index (χ2n) is 3.58. The van der Waals surface area contributed by atoms with Gasteiger partial charge in [-0.3, -0.25) is 4.79 Å². The Hall–Kier alpha value is -0.620. The normalized spacial score (nSPS) is 16.6. The van der Waals surface area contributed by atoms with Gasteiger partial charge in [0.2, 0.25) is 5.91 Å². The SMILES string of the molecule is NCCCS(=O)(=O)CC(=O)NC1CC1. The molecule has 5 nitrogen and oxygen atoms in total. The zero-order valence-electron chi connectivity index (χ0n) is 8.03. The summed E-state index contributed by atoms with van der Waals surface area (Å²) >= 11 is 0. The van der Waals surface area contributed by atoms with Crippen LogP contribution < -0.4 is 11.1 Å². The molecule has 1 fully saturated rings. The van der Waals surface area contributed by atoms with Gasteiger partial charge in [-0.2, -0.15) is 0 Å². The van der Waals surface area contributed by atoms with E-state index in [9.17, 15) is 13.2 Å². The highest BCUT2D eigenvalue weighted by Gasteiger charge is 2.25. The summed E-state index contributed by atoms with van der Waals surface area (Å²) in [6.45, 7) is 0.337. The minimum absolute atomic E-state index is 0.00157. The van der Waals surface area contributed by atoms with Crippen LogP contribution in [0.1, 0.15) is 19.3 Å². The van der Waals surface area contributed by atoms with Crippen molar-refractivity contribution in [3.05, 3.63) is 0 Å². The predicted octanol–water partition coefficient (Wildman–Crippen LogP) is -0.971. The van der Waals surface area contributed by atoms with E-state index in [1.165, 1.54) is 0 Å². The molecule has 0 aromatic heterocycles. The maximum atomic E-state index is 11.3. The first-order chi connectivity index (χ1) is 6.53. The number of rotatable bonds is 6. The number of sulfone groups is 1. The fourth-order valence-corrected chi connectivity index (χ4v) is 2.31. The fourth-order valence-electron chi connectivity index (χ4n) is 1.07. The van der Waals surface area contributed by atoms with E-state index in [-0.39, 0.29) is 17.7 Å². The van der Waals surface area contributed by atoms with Gasteiger partial charge in [0.25, 0.3) is 0 Å². The summed E-state index contributed by atoms with van der Waals surface area (Å²) in [6.07, 6.45) is 2.35. The highest BCUT2D eigenvalue weighted by molar-refractivity contribution is 7.92. The van der Waals surface area contributed by atoms with Crippen molar-refractivity contribution in [2.75, 3.05) is 18.1 Å². The van der Waals surface area contributed by atoms with Crippen LogP contribution in [-0.4, -0.2) is 38.4 Å². The Kier molecular flexibility index (Phi) is 3.88. The Morgan fingerprint density at radius 1 is 1.43 bits per heavy atom. The molecule has 1 aliphatic carbocycles. The molecule has 1 aliphatic rings. The Morgan fingerprint density at radius 2 is 2.07 bits per heavy atom. The van der Waals surface area contributed by atoms with Crippen molar-refractivity contribution in [1.29, 1.82) is 0 Å². The largest absolute Gasteiger partial charge is 0.352 e. The summed E-state index contributed by atoms with van der Waals surface area (Å²) in [4.78, 5) is 11.2. The van der Waals surface area contributed by atoms with E-state index >= 15 is 0 Å². The van der Waals surface area contributed by atoms with Gasteiger partial charge in [0.05, 0.1) is 5.75 Å². The molecule has 0 spiro atoms. The van der Waals surface area contributed by atoms with Crippen molar-refractivity contribution in [1.82, 2.24) is 5.32 Å². The van der Waals surface area contributed by atoms with Crippen LogP contribution in [0.5, 0.6) is 0 Å². The van der Waals surface area contributed by atoms with Crippen LogP contribution in [0.2, 0.25) is 0 Å². The molecule has 0 aromatic rings. The van der Waals surface area contributed by atoms with E-state index < -0.39 is 15.6 Å². The van der Waals surface area contributed by atoms with Gasteiger partial charge < -0.3 is 11.1 Å². The van der Waals surface area contributed by atoms with E-state index in [0.29, 0.717) is 13.0 Å². The Bertz CT molecular complexity index is 296. The summed E-state index contributed by atoms with van der Waals surface area (Å²) in [5.74, 6) is -0.782. The average Bonchev–Trinajstić information content (AvgIpc) is 2.83. The number of nitrogens with two attached hydrogens (primary N) is 1. The molecular formula is C8H16N2O3S. The summed E-state index contributed by atoms with van der Waals surface area (Å²) < 4.78 is 22.6. The molecule has 0 unspecified atom stereocenters. The standard InChI is InChI=1S/C8H16N2O3S/c9-4-1-5-14(12,13)6-8(11)10-7-2-3-7/h7H,1-6,9H2,(H,10,11).